The van der Waals surface area contributed by atoms with Crippen LogP contribution in [0.15, 0.2) is 53.1 Å². The first-order valence-electron chi connectivity index (χ1n) is 10.8. The lowest BCUT2D eigenvalue weighted by molar-refractivity contribution is 0.667. The number of hydrogen-bond donors (Lipinski definition) is 0. The number of pyridine rings is 1. The van der Waals surface area contributed by atoms with Crippen LogP contribution in [0.2, 0.25) is 0 Å². The minimum absolute atomic E-state index is 0.332. The average molecular weight is 398 g/mol. The summed E-state index contributed by atoms with van der Waals surface area (Å²) >= 11 is 0. The van der Waals surface area contributed by atoms with Gasteiger partial charge in [-0.1, -0.05) is 52.0 Å². The third-order valence-electron chi connectivity index (χ3n) is 5.97. The van der Waals surface area contributed by atoms with Crippen molar-refractivity contribution in [1.82, 2.24) is 14.5 Å². The molecule has 0 saturated heterocycles. The highest BCUT2D eigenvalue weighted by Gasteiger charge is 2.22. The predicted molar refractivity (Wildman–Crippen MR) is 124 cm³/mol. The van der Waals surface area contributed by atoms with Crippen molar-refractivity contribution in [3.05, 3.63) is 59.9 Å². The van der Waals surface area contributed by atoms with Gasteiger partial charge in [-0.15, -0.1) is 0 Å². The van der Waals surface area contributed by atoms with Gasteiger partial charge >= 0.3 is 0 Å². The Morgan fingerprint density at radius 2 is 1.77 bits per heavy atom. The van der Waals surface area contributed by atoms with Crippen molar-refractivity contribution in [1.29, 1.82) is 0 Å². The molecule has 152 valence electrons. The van der Waals surface area contributed by atoms with E-state index < -0.39 is 0 Å². The fourth-order valence-electron chi connectivity index (χ4n) is 4.55. The normalized spacial score (nSPS) is 12.2. The zero-order valence-electron chi connectivity index (χ0n) is 18.2. The Morgan fingerprint density at radius 3 is 2.50 bits per heavy atom. The SMILES string of the molecule is CCn1c(-c2ccc(C(C)C)c3c2oc2ccccc23)nc2ccnc(C(C)C)c21. The van der Waals surface area contributed by atoms with Gasteiger partial charge in [-0.05, 0) is 42.5 Å². The van der Waals surface area contributed by atoms with Crippen LogP contribution in [0.5, 0.6) is 0 Å². The van der Waals surface area contributed by atoms with Crippen LogP contribution in [0.25, 0.3) is 44.4 Å². The second kappa shape index (κ2) is 6.98. The first kappa shape index (κ1) is 18.9. The number of rotatable bonds is 4. The fourth-order valence-corrected chi connectivity index (χ4v) is 4.55. The summed E-state index contributed by atoms with van der Waals surface area (Å²) in [5.74, 6) is 1.68. The standard InChI is InChI=1S/C26H27N3O/c1-6-29-24-20(13-14-27-23(24)16(4)5)28-26(29)19-12-11-17(15(2)3)22-18-9-7-8-10-21(18)30-25(19)22/h7-16H,6H2,1-5H3. The van der Waals surface area contributed by atoms with Crippen LogP contribution >= 0.6 is 0 Å². The number of fused-ring (bicyclic) bond motifs is 4. The van der Waals surface area contributed by atoms with E-state index in [0.717, 1.165) is 45.8 Å². The van der Waals surface area contributed by atoms with Crippen molar-refractivity contribution in [3.63, 3.8) is 0 Å². The number of nitrogens with zero attached hydrogens (tertiary/aromatic N) is 3. The maximum Gasteiger partial charge on any atom is 0.146 e. The van der Waals surface area contributed by atoms with Gasteiger partial charge in [0.05, 0.1) is 22.3 Å². The summed E-state index contributed by atoms with van der Waals surface area (Å²) in [7, 11) is 0. The lowest BCUT2D eigenvalue weighted by Crippen LogP contribution is -2.02. The number of aromatic nitrogens is 3. The Morgan fingerprint density at radius 1 is 0.967 bits per heavy atom. The van der Waals surface area contributed by atoms with Gasteiger partial charge in [-0.2, -0.15) is 0 Å². The summed E-state index contributed by atoms with van der Waals surface area (Å²) in [6, 6.07) is 14.7. The Labute approximate surface area is 176 Å². The largest absolute Gasteiger partial charge is 0.455 e. The summed E-state index contributed by atoms with van der Waals surface area (Å²) < 4.78 is 8.72. The smallest absolute Gasteiger partial charge is 0.146 e. The molecule has 0 N–H and O–H groups in total. The van der Waals surface area contributed by atoms with Crippen molar-refractivity contribution >= 4 is 33.0 Å². The molecule has 30 heavy (non-hydrogen) atoms. The molecule has 0 aliphatic heterocycles. The first-order valence-corrected chi connectivity index (χ1v) is 10.8. The maximum absolute atomic E-state index is 6.43. The van der Waals surface area contributed by atoms with Crippen LogP contribution in [0.3, 0.4) is 0 Å². The third kappa shape index (κ3) is 2.67. The Hall–Kier alpha value is -3.14. The molecule has 0 unspecified atom stereocenters. The molecule has 4 heteroatoms. The molecule has 0 spiro atoms. The summed E-state index contributed by atoms with van der Waals surface area (Å²) in [5, 5.41) is 2.37. The van der Waals surface area contributed by atoms with Gasteiger partial charge in [0.25, 0.3) is 0 Å². The van der Waals surface area contributed by atoms with E-state index in [4.69, 9.17) is 9.40 Å². The van der Waals surface area contributed by atoms with Gasteiger partial charge in [0, 0.05) is 23.5 Å². The lowest BCUT2D eigenvalue weighted by atomic mass is 9.95. The van der Waals surface area contributed by atoms with Gasteiger partial charge in [-0.3, -0.25) is 4.98 Å². The molecule has 0 amide bonds. The van der Waals surface area contributed by atoms with E-state index in [1.165, 1.54) is 16.3 Å². The number of benzene rings is 2. The molecule has 0 bridgehead atoms. The molecule has 0 fully saturated rings. The van der Waals surface area contributed by atoms with E-state index in [0.29, 0.717) is 11.8 Å². The van der Waals surface area contributed by atoms with E-state index in [9.17, 15) is 0 Å². The maximum atomic E-state index is 6.43. The van der Waals surface area contributed by atoms with Crippen LogP contribution < -0.4 is 0 Å². The summed E-state index contributed by atoms with van der Waals surface area (Å²) in [6.45, 7) is 11.8. The topological polar surface area (TPSA) is 43.9 Å². The summed E-state index contributed by atoms with van der Waals surface area (Å²) in [5.41, 5.74) is 7.40. The zero-order chi connectivity index (χ0) is 21.0. The van der Waals surface area contributed by atoms with Crippen molar-refractivity contribution in [2.75, 3.05) is 0 Å². The highest BCUT2D eigenvalue weighted by molar-refractivity contribution is 6.11. The second-order valence-electron chi connectivity index (χ2n) is 8.56. The highest BCUT2D eigenvalue weighted by Crippen LogP contribution is 2.41. The molecule has 0 aliphatic carbocycles. The second-order valence-corrected chi connectivity index (χ2v) is 8.56. The molecular weight excluding hydrogens is 370 g/mol. The van der Waals surface area contributed by atoms with Gasteiger partial charge in [0.1, 0.15) is 17.0 Å². The van der Waals surface area contributed by atoms with Gasteiger partial charge < -0.3 is 8.98 Å². The minimum atomic E-state index is 0.332. The molecule has 4 nitrogen and oxygen atoms in total. The number of furan rings is 1. The first-order chi connectivity index (χ1) is 14.5. The number of imidazole rings is 1. The van der Waals surface area contributed by atoms with Gasteiger partial charge in [0.2, 0.25) is 0 Å². The van der Waals surface area contributed by atoms with E-state index in [2.05, 4.69) is 68.4 Å². The van der Waals surface area contributed by atoms with Crippen molar-refractivity contribution in [3.8, 4) is 11.4 Å². The summed E-state index contributed by atoms with van der Waals surface area (Å²) in [6.07, 6.45) is 1.87. The van der Waals surface area contributed by atoms with Crippen LogP contribution in [0.1, 0.15) is 57.7 Å². The van der Waals surface area contributed by atoms with Crippen molar-refractivity contribution < 1.29 is 4.42 Å². The molecular formula is C26H27N3O. The molecule has 3 aromatic heterocycles. The molecule has 3 heterocycles. The molecule has 5 rings (SSSR count). The number of para-hydroxylation sites is 1. The quantitative estimate of drug-likeness (QED) is 0.320. The van der Waals surface area contributed by atoms with Gasteiger partial charge in [-0.25, -0.2) is 4.98 Å². The third-order valence-corrected chi connectivity index (χ3v) is 5.97. The van der Waals surface area contributed by atoms with E-state index in [1.807, 2.05) is 24.4 Å². The van der Waals surface area contributed by atoms with Crippen LogP contribution in [0.4, 0.5) is 0 Å². The average Bonchev–Trinajstić information content (AvgIpc) is 3.31. The lowest BCUT2D eigenvalue weighted by Gasteiger charge is -2.13. The Balaban J connectivity index is 1.90. The molecule has 2 aromatic carbocycles. The minimum Gasteiger partial charge on any atom is -0.455 e. The van der Waals surface area contributed by atoms with Crippen LogP contribution in [0, 0.1) is 0 Å². The van der Waals surface area contributed by atoms with Crippen molar-refractivity contribution in [2.45, 2.75) is 53.0 Å². The van der Waals surface area contributed by atoms with E-state index in [-0.39, 0.29) is 0 Å². The monoisotopic (exact) mass is 397 g/mol. The predicted octanol–water partition coefficient (Wildman–Crippen LogP) is 7.26. The number of hydrogen-bond acceptors (Lipinski definition) is 3. The van der Waals surface area contributed by atoms with E-state index >= 15 is 0 Å². The summed E-state index contributed by atoms with van der Waals surface area (Å²) in [4.78, 5) is 9.73. The van der Waals surface area contributed by atoms with Crippen molar-refractivity contribution in [2.24, 2.45) is 0 Å². The zero-order valence-corrected chi connectivity index (χ0v) is 18.2. The van der Waals surface area contributed by atoms with Crippen LogP contribution in [-0.2, 0) is 6.54 Å². The molecule has 0 saturated carbocycles. The molecule has 0 radical (unpaired) electrons. The molecule has 0 atom stereocenters. The molecule has 0 aliphatic rings. The fraction of sp³-hybridized carbons (Fsp3) is 0.308. The Kier molecular flexibility index (Phi) is 4.39. The van der Waals surface area contributed by atoms with E-state index in [1.54, 1.807) is 0 Å². The van der Waals surface area contributed by atoms with Crippen LogP contribution in [-0.4, -0.2) is 14.5 Å². The Bertz CT molecular complexity index is 1390. The number of aryl methyl sites for hydroxylation is 1. The van der Waals surface area contributed by atoms with Gasteiger partial charge in [0.15, 0.2) is 0 Å². The molecule has 5 aromatic rings. The highest BCUT2D eigenvalue weighted by atomic mass is 16.3.